The molecule has 1 aromatic heterocycles. The van der Waals surface area contributed by atoms with E-state index >= 15 is 0 Å². The van der Waals surface area contributed by atoms with Crippen LogP contribution in [0.2, 0.25) is 0 Å². The van der Waals surface area contributed by atoms with Gasteiger partial charge in [-0.15, -0.1) is 11.3 Å². The van der Waals surface area contributed by atoms with Gasteiger partial charge in [-0.25, -0.2) is 8.78 Å². The molecule has 1 N–H and O–H groups in total. The minimum Gasteiger partial charge on any atom is -0.312 e. The molecule has 108 valence electrons. The summed E-state index contributed by atoms with van der Waals surface area (Å²) in [6.45, 7) is 0. The summed E-state index contributed by atoms with van der Waals surface area (Å²) >= 11 is 1.73. The van der Waals surface area contributed by atoms with E-state index in [1.165, 1.54) is 27.1 Å². The van der Waals surface area contributed by atoms with E-state index in [1.807, 2.05) is 19.2 Å². The Kier molecular flexibility index (Phi) is 3.99. The molecule has 0 fully saturated rings. The van der Waals surface area contributed by atoms with Crippen molar-refractivity contribution in [2.45, 2.75) is 12.5 Å². The van der Waals surface area contributed by atoms with Gasteiger partial charge in [0.15, 0.2) is 11.6 Å². The van der Waals surface area contributed by atoms with Crippen molar-refractivity contribution in [2.75, 3.05) is 7.05 Å². The third kappa shape index (κ3) is 2.96. The Morgan fingerprint density at radius 1 is 1.05 bits per heavy atom. The molecular weight excluding hydrogens is 288 g/mol. The maximum absolute atomic E-state index is 13.3. The lowest BCUT2D eigenvalue weighted by atomic mass is 10.0. The first kappa shape index (κ1) is 14.2. The van der Waals surface area contributed by atoms with E-state index in [1.54, 1.807) is 17.4 Å². The number of thiophene rings is 1. The molecule has 2 aromatic carbocycles. The van der Waals surface area contributed by atoms with E-state index in [4.69, 9.17) is 0 Å². The summed E-state index contributed by atoms with van der Waals surface area (Å²) in [7, 11) is 1.88. The molecule has 0 amide bonds. The first-order valence-corrected chi connectivity index (χ1v) is 7.58. The van der Waals surface area contributed by atoms with Gasteiger partial charge >= 0.3 is 0 Å². The summed E-state index contributed by atoms with van der Waals surface area (Å²) in [5, 5.41) is 4.47. The summed E-state index contributed by atoms with van der Waals surface area (Å²) in [6.07, 6.45) is 0.626. The molecule has 0 radical (unpaired) electrons. The van der Waals surface area contributed by atoms with Crippen molar-refractivity contribution in [3.05, 3.63) is 70.6 Å². The third-order valence-corrected chi connectivity index (χ3v) is 4.79. The number of hydrogen-bond donors (Lipinski definition) is 1. The lowest BCUT2D eigenvalue weighted by Gasteiger charge is -2.14. The van der Waals surface area contributed by atoms with Crippen LogP contribution >= 0.6 is 11.3 Å². The van der Waals surface area contributed by atoms with E-state index in [2.05, 4.69) is 23.5 Å². The van der Waals surface area contributed by atoms with Gasteiger partial charge in [0, 0.05) is 15.6 Å². The van der Waals surface area contributed by atoms with E-state index in [-0.39, 0.29) is 6.04 Å². The van der Waals surface area contributed by atoms with Crippen molar-refractivity contribution < 1.29 is 8.78 Å². The summed E-state index contributed by atoms with van der Waals surface area (Å²) in [5.41, 5.74) is 0.783. The van der Waals surface area contributed by atoms with Crippen molar-refractivity contribution in [3.8, 4) is 0 Å². The van der Waals surface area contributed by atoms with Crippen molar-refractivity contribution in [2.24, 2.45) is 0 Å². The van der Waals surface area contributed by atoms with Gasteiger partial charge in [-0.1, -0.05) is 24.3 Å². The van der Waals surface area contributed by atoms with E-state index in [9.17, 15) is 8.78 Å². The van der Waals surface area contributed by atoms with Crippen LogP contribution < -0.4 is 5.32 Å². The second-order valence-corrected chi connectivity index (χ2v) is 6.10. The van der Waals surface area contributed by atoms with Crippen LogP contribution in [-0.2, 0) is 6.42 Å². The highest BCUT2D eigenvalue weighted by Gasteiger charge is 2.14. The summed E-state index contributed by atoms with van der Waals surface area (Å²) in [4.78, 5) is 1.20. The molecule has 3 rings (SSSR count). The average molecular weight is 303 g/mol. The highest BCUT2D eigenvalue weighted by molar-refractivity contribution is 7.19. The second kappa shape index (κ2) is 5.92. The quantitative estimate of drug-likeness (QED) is 0.738. The van der Waals surface area contributed by atoms with Crippen LogP contribution in [-0.4, -0.2) is 7.05 Å². The van der Waals surface area contributed by atoms with Crippen LogP contribution in [0.1, 0.15) is 16.5 Å². The van der Waals surface area contributed by atoms with Crippen LogP contribution in [0.4, 0.5) is 8.78 Å². The average Bonchev–Trinajstić information content (AvgIpc) is 2.92. The zero-order valence-corrected chi connectivity index (χ0v) is 12.4. The fourth-order valence-electron chi connectivity index (χ4n) is 2.42. The molecule has 1 unspecified atom stereocenters. The van der Waals surface area contributed by atoms with Crippen LogP contribution in [0.15, 0.2) is 48.5 Å². The minimum atomic E-state index is -0.804. The highest BCUT2D eigenvalue weighted by atomic mass is 32.1. The zero-order valence-electron chi connectivity index (χ0n) is 11.6. The third-order valence-electron chi connectivity index (χ3n) is 3.56. The summed E-state index contributed by atoms with van der Waals surface area (Å²) < 4.78 is 27.5. The second-order valence-electron chi connectivity index (χ2n) is 4.98. The molecule has 3 aromatic rings. The smallest absolute Gasteiger partial charge is 0.159 e. The maximum Gasteiger partial charge on any atom is 0.159 e. The minimum absolute atomic E-state index is 0.0901. The molecule has 1 heterocycles. The molecule has 21 heavy (non-hydrogen) atoms. The Balaban J connectivity index is 1.88. The Bertz CT molecular complexity index is 733. The molecule has 0 aliphatic carbocycles. The maximum atomic E-state index is 13.3. The van der Waals surface area contributed by atoms with Crippen LogP contribution in [0.25, 0.3) is 10.1 Å². The van der Waals surface area contributed by atoms with Gasteiger partial charge in [0.2, 0.25) is 0 Å². The van der Waals surface area contributed by atoms with Crippen LogP contribution in [0.5, 0.6) is 0 Å². The van der Waals surface area contributed by atoms with Crippen molar-refractivity contribution in [3.63, 3.8) is 0 Å². The Morgan fingerprint density at radius 2 is 1.86 bits per heavy atom. The Hall–Kier alpha value is -1.78. The SMILES string of the molecule is CNC(Cc1ccc(F)c(F)c1)c1cc2ccccc2s1. The van der Waals surface area contributed by atoms with Gasteiger partial charge in [0.1, 0.15) is 0 Å². The van der Waals surface area contributed by atoms with Gasteiger partial charge in [-0.3, -0.25) is 0 Å². The number of nitrogens with one attached hydrogen (secondary N) is 1. The van der Waals surface area contributed by atoms with Crippen LogP contribution in [0.3, 0.4) is 0 Å². The van der Waals surface area contributed by atoms with E-state index in [0.717, 1.165) is 5.56 Å². The first-order chi connectivity index (χ1) is 10.2. The molecule has 0 bridgehead atoms. The number of likely N-dealkylation sites (N-methyl/N-ethyl adjacent to an activating group) is 1. The van der Waals surface area contributed by atoms with Gasteiger partial charge in [-0.05, 0) is 48.7 Å². The topological polar surface area (TPSA) is 12.0 Å². The van der Waals surface area contributed by atoms with Gasteiger partial charge < -0.3 is 5.32 Å². The monoisotopic (exact) mass is 303 g/mol. The number of fused-ring (bicyclic) bond motifs is 1. The molecule has 1 atom stereocenters. The number of benzene rings is 2. The Labute approximate surface area is 126 Å². The fraction of sp³-hybridized carbons (Fsp3) is 0.176. The highest BCUT2D eigenvalue weighted by Crippen LogP contribution is 2.31. The predicted molar refractivity (Wildman–Crippen MR) is 83.7 cm³/mol. The van der Waals surface area contributed by atoms with E-state index in [0.29, 0.717) is 6.42 Å². The first-order valence-electron chi connectivity index (χ1n) is 6.77. The fourth-order valence-corrected chi connectivity index (χ4v) is 3.60. The molecule has 0 aliphatic rings. The van der Waals surface area contributed by atoms with Crippen molar-refractivity contribution >= 4 is 21.4 Å². The largest absolute Gasteiger partial charge is 0.312 e. The predicted octanol–water partition coefficient (Wildman–Crippen LogP) is 4.68. The number of rotatable bonds is 4. The lowest BCUT2D eigenvalue weighted by Crippen LogP contribution is -2.17. The van der Waals surface area contributed by atoms with Gasteiger partial charge in [-0.2, -0.15) is 0 Å². The van der Waals surface area contributed by atoms with Gasteiger partial charge in [0.25, 0.3) is 0 Å². The summed E-state index contributed by atoms with van der Waals surface area (Å²) in [6, 6.07) is 14.5. The zero-order chi connectivity index (χ0) is 14.8. The standard InChI is InChI=1S/C17H15F2NS/c1-20-15(9-11-6-7-13(18)14(19)8-11)17-10-12-4-2-3-5-16(12)21-17/h2-8,10,15,20H,9H2,1H3. The van der Waals surface area contributed by atoms with Gasteiger partial charge in [0.05, 0.1) is 0 Å². The number of halogens is 2. The molecule has 1 nitrogen and oxygen atoms in total. The van der Waals surface area contributed by atoms with E-state index < -0.39 is 11.6 Å². The normalized spacial score (nSPS) is 12.7. The molecular formula is C17H15F2NS. The molecule has 0 saturated heterocycles. The van der Waals surface area contributed by atoms with Crippen molar-refractivity contribution in [1.82, 2.24) is 5.32 Å². The molecule has 0 aliphatic heterocycles. The molecule has 4 heteroatoms. The summed E-state index contributed by atoms with van der Waals surface area (Å²) in [5.74, 6) is -1.60. The lowest BCUT2D eigenvalue weighted by molar-refractivity contribution is 0.505. The molecule has 0 saturated carbocycles. The number of hydrogen-bond acceptors (Lipinski definition) is 2. The molecule has 0 spiro atoms. The Morgan fingerprint density at radius 3 is 2.57 bits per heavy atom. The van der Waals surface area contributed by atoms with Crippen molar-refractivity contribution in [1.29, 1.82) is 0 Å². The van der Waals surface area contributed by atoms with Crippen LogP contribution in [0, 0.1) is 11.6 Å².